The average molecular weight is 488 g/mol. The van der Waals surface area contributed by atoms with Crippen LogP contribution in [0.4, 0.5) is 19.0 Å². The van der Waals surface area contributed by atoms with Gasteiger partial charge >= 0.3 is 6.18 Å². The molecule has 1 aliphatic rings. The van der Waals surface area contributed by atoms with Crippen molar-refractivity contribution in [2.45, 2.75) is 23.9 Å². The van der Waals surface area contributed by atoms with Gasteiger partial charge in [-0.15, -0.1) is 0 Å². The molecule has 170 valence electrons. The van der Waals surface area contributed by atoms with Crippen LogP contribution in [0, 0.1) is 5.92 Å². The molecule has 0 atom stereocenters. The van der Waals surface area contributed by atoms with E-state index in [1.54, 1.807) is 18.3 Å². The summed E-state index contributed by atoms with van der Waals surface area (Å²) < 4.78 is 67.6. The number of anilines is 1. The molecule has 1 N–H and O–H groups in total. The zero-order chi connectivity index (χ0) is 23.1. The molecule has 13 heteroatoms. The first-order chi connectivity index (χ1) is 15.1. The van der Waals surface area contributed by atoms with E-state index in [1.165, 1.54) is 10.7 Å². The normalized spacial score (nSPS) is 16.4. The Morgan fingerprint density at radius 1 is 1.12 bits per heavy atom. The molecule has 0 radical (unpaired) electrons. The molecule has 3 aromatic rings. The summed E-state index contributed by atoms with van der Waals surface area (Å²) in [6.07, 6.45) is -1.26. The number of benzene rings is 1. The predicted octanol–water partition coefficient (Wildman–Crippen LogP) is 3.44. The summed E-state index contributed by atoms with van der Waals surface area (Å²) in [6.45, 7) is -0.00412. The first-order valence-corrected chi connectivity index (χ1v) is 11.4. The molecule has 1 amide bonds. The number of rotatable bonds is 4. The zero-order valence-electron chi connectivity index (χ0n) is 16.4. The van der Waals surface area contributed by atoms with Gasteiger partial charge in [0, 0.05) is 31.3 Å². The topological polar surface area (TPSA) is 96.7 Å². The molecule has 1 aliphatic heterocycles. The largest absolute Gasteiger partial charge is 0.417 e. The number of aromatic nitrogens is 3. The van der Waals surface area contributed by atoms with E-state index in [1.807, 2.05) is 0 Å². The van der Waals surface area contributed by atoms with E-state index in [4.69, 9.17) is 11.6 Å². The second-order valence-corrected chi connectivity index (χ2v) is 9.58. The molecule has 0 bridgehead atoms. The molecule has 32 heavy (non-hydrogen) atoms. The van der Waals surface area contributed by atoms with Crippen LogP contribution in [0.3, 0.4) is 0 Å². The zero-order valence-corrected chi connectivity index (χ0v) is 18.0. The predicted molar refractivity (Wildman–Crippen MR) is 110 cm³/mol. The van der Waals surface area contributed by atoms with E-state index >= 15 is 0 Å². The number of fused-ring (bicyclic) bond motifs is 1. The molecule has 1 aromatic carbocycles. The average Bonchev–Trinajstić information content (AvgIpc) is 3.23. The maximum atomic E-state index is 13.1. The minimum absolute atomic E-state index is 0.00206. The SMILES string of the molecule is O=C(Nc1ccnc2ccnn12)C1CCN(S(=O)(=O)c2ccc(Cl)c(C(F)(F)F)c2)CC1. The van der Waals surface area contributed by atoms with E-state index in [0.29, 0.717) is 17.5 Å². The highest BCUT2D eigenvalue weighted by molar-refractivity contribution is 7.89. The molecular weight excluding hydrogens is 471 g/mol. The fourth-order valence-corrected chi connectivity index (χ4v) is 5.27. The Kier molecular flexibility index (Phi) is 5.86. The second kappa shape index (κ2) is 8.34. The van der Waals surface area contributed by atoms with Gasteiger partial charge in [-0.1, -0.05) is 11.6 Å². The van der Waals surface area contributed by atoms with E-state index in [9.17, 15) is 26.4 Å². The quantitative estimate of drug-likeness (QED) is 0.608. The number of carbonyl (C=O) groups excluding carboxylic acids is 1. The molecule has 0 spiro atoms. The lowest BCUT2D eigenvalue weighted by atomic mass is 9.97. The Hall–Kier alpha value is -2.70. The van der Waals surface area contributed by atoms with E-state index in [-0.39, 0.29) is 31.8 Å². The Bertz CT molecular complexity index is 1270. The Morgan fingerprint density at radius 2 is 1.84 bits per heavy atom. The maximum absolute atomic E-state index is 13.1. The smallest absolute Gasteiger partial charge is 0.310 e. The van der Waals surface area contributed by atoms with Gasteiger partial charge in [-0.25, -0.2) is 13.4 Å². The number of sulfonamides is 1. The van der Waals surface area contributed by atoms with Crippen LogP contribution in [0.25, 0.3) is 5.65 Å². The molecule has 1 saturated heterocycles. The van der Waals surface area contributed by atoms with Crippen molar-refractivity contribution in [3.63, 3.8) is 0 Å². The van der Waals surface area contributed by atoms with Crippen LogP contribution >= 0.6 is 11.6 Å². The Labute approximate surface area is 186 Å². The standard InChI is InChI=1S/C19H17ClF3N5O3S/c20-15-2-1-13(11-14(15)19(21,22)23)32(30,31)27-9-5-12(6-10-27)18(29)26-17-3-7-24-16-4-8-25-28(16)17/h1-4,7-8,11-12H,5-6,9-10H2,(H,26,29). The van der Waals surface area contributed by atoms with E-state index < -0.39 is 37.6 Å². The third kappa shape index (κ3) is 4.30. The summed E-state index contributed by atoms with van der Waals surface area (Å²) >= 11 is 5.58. The molecule has 0 unspecified atom stereocenters. The summed E-state index contributed by atoms with van der Waals surface area (Å²) in [5, 5.41) is 6.28. The fourth-order valence-electron chi connectivity index (χ4n) is 3.55. The van der Waals surface area contributed by atoms with Gasteiger partial charge in [0.1, 0.15) is 5.82 Å². The first kappa shape index (κ1) is 22.5. The van der Waals surface area contributed by atoms with Gasteiger partial charge in [-0.05, 0) is 37.1 Å². The van der Waals surface area contributed by atoms with Crippen LogP contribution in [0.5, 0.6) is 0 Å². The van der Waals surface area contributed by atoms with Crippen molar-refractivity contribution in [2.24, 2.45) is 5.92 Å². The summed E-state index contributed by atoms with van der Waals surface area (Å²) in [5.74, 6) is -0.326. The van der Waals surface area contributed by atoms with Crippen LogP contribution in [0.2, 0.25) is 5.02 Å². The highest BCUT2D eigenvalue weighted by atomic mass is 35.5. The molecule has 0 aliphatic carbocycles. The lowest BCUT2D eigenvalue weighted by Crippen LogP contribution is -2.41. The van der Waals surface area contributed by atoms with Crippen molar-refractivity contribution < 1.29 is 26.4 Å². The number of amides is 1. The van der Waals surface area contributed by atoms with Crippen LogP contribution in [-0.2, 0) is 21.0 Å². The van der Waals surface area contributed by atoms with Crippen LogP contribution < -0.4 is 5.32 Å². The lowest BCUT2D eigenvalue weighted by molar-refractivity contribution is -0.137. The number of halogens is 4. The van der Waals surface area contributed by atoms with Crippen molar-refractivity contribution in [2.75, 3.05) is 18.4 Å². The number of piperidine rings is 1. The maximum Gasteiger partial charge on any atom is 0.417 e. The molecule has 3 heterocycles. The van der Waals surface area contributed by atoms with Crippen molar-refractivity contribution in [1.82, 2.24) is 18.9 Å². The second-order valence-electron chi connectivity index (χ2n) is 7.24. The van der Waals surface area contributed by atoms with Crippen molar-refractivity contribution in [3.8, 4) is 0 Å². The van der Waals surface area contributed by atoms with Crippen molar-refractivity contribution in [3.05, 3.63) is 53.3 Å². The van der Waals surface area contributed by atoms with Gasteiger partial charge in [0.05, 0.1) is 21.7 Å². The minimum atomic E-state index is -4.78. The molecule has 4 rings (SSSR count). The third-order valence-corrected chi connectivity index (χ3v) is 7.47. The number of nitrogens with zero attached hydrogens (tertiary/aromatic N) is 4. The van der Waals surface area contributed by atoms with Crippen LogP contribution in [0.1, 0.15) is 18.4 Å². The number of hydrogen-bond acceptors (Lipinski definition) is 5. The minimum Gasteiger partial charge on any atom is -0.310 e. The number of nitrogens with one attached hydrogen (secondary N) is 1. The van der Waals surface area contributed by atoms with Gasteiger partial charge < -0.3 is 5.32 Å². The van der Waals surface area contributed by atoms with Gasteiger partial charge in [0.2, 0.25) is 15.9 Å². The van der Waals surface area contributed by atoms with Gasteiger partial charge in [-0.2, -0.15) is 27.1 Å². The molecule has 1 fully saturated rings. The molecular formula is C19H17ClF3N5O3S. The summed E-state index contributed by atoms with van der Waals surface area (Å²) in [5.41, 5.74) is -0.651. The Morgan fingerprint density at radius 3 is 2.53 bits per heavy atom. The number of alkyl halides is 3. The highest BCUT2D eigenvalue weighted by Crippen LogP contribution is 2.36. The van der Waals surface area contributed by atoms with Gasteiger partial charge in [0.25, 0.3) is 0 Å². The van der Waals surface area contributed by atoms with Gasteiger partial charge in [0.15, 0.2) is 5.65 Å². The van der Waals surface area contributed by atoms with Crippen molar-refractivity contribution in [1.29, 1.82) is 0 Å². The van der Waals surface area contributed by atoms with Crippen LogP contribution in [0.15, 0.2) is 47.6 Å². The lowest BCUT2D eigenvalue weighted by Gasteiger charge is -2.30. The van der Waals surface area contributed by atoms with E-state index in [0.717, 1.165) is 16.4 Å². The molecule has 0 saturated carbocycles. The third-order valence-electron chi connectivity index (χ3n) is 5.25. The number of carbonyl (C=O) groups is 1. The van der Waals surface area contributed by atoms with Crippen LogP contribution in [-0.4, -0.2) is 46.3 Å². The molecule has 2 aromatic heterocycles. The summed E-state index contributed by atoms with van der Waals surface area (Å²) in [4.78, 5) is 16.3. The summed E-state index contributed by atoms with van der Waals surface area (Å²) in [6, 6.07) is 5.78. The first-order valence-electron chi connectivity index (χ1n) is 9.54. The van der Waals surface area contributed by atoms with Crippen molar-refractivity contribution >= 4 is 39.0 Å². The van der Waals surface area contributed by atoms with Gasteiger partial charge in [-0.3, -0.25) is 4.79 Å². The highest BCUT2D eigenvalue weighted by Gasteiger charge is 2.37. The monoisotopic (exact) mass is 487 g/mol. The van der Waals surface area contributed by atoms with E-state index in [2.05, 4.69) is 15.4 Å². The number of hydrogen-bond donors (Lipinski definition) is 1. The summed E-state index contributed by atoms with van der Waals surface area (Å²) in [7, 11) is -4.17. The fraction of sp³-hybridized carbons (Fsp3) is 0.316. The molecule has 8 nitrogen and oxygen atoms in total. The Balaban J connectivity index is 1.45.